The molecule has 1 heterocycles. The smallest absolute Gasteiger partial charge is 0.160 e. The summed E-state index contributed by atoms with van der Waals surface area (Å²) in [5, 5.41) is 2.19. The fourth-order valence-electron chi connectivity index (χ4n) is 4.20. The van der Waals surface area contributed by atoms with Crippen molar-refractivity contribution in [1.29, 1.82) is 0 Å². The van der Waals surface area contributed by atoms with E-state index >= 15 is 0 Å². The van der Waals surface area contributed by atoms with Crippen LogP contribution in [0.3, 0.4) is 0 Å². The summed E-state index contributed by atoms with van der Waals surface area (Å²) >= 11 is 0. The molecule has 0 fully saturated rings. The molecule has 3 rings (SSSR count). The van der Waals surface area contributed by atoms with Gasteiger partial charge in [0, 0.05) is 46.0 Å². The summed E-state index contributed by atoms with van der Waals surface area (Å²) in [5.41, 5.74) is 4.85. The number of rotatable bonds is 8. The second-order valence-electron chi connectivity index (χ2n) is 7.36. The van der Waals surface area contributed by atoms with Crippen molar-refractivity contribution in [2.24, 2.45) is 0 Å². The predicted octanol–water partition coefficient (Wildman–Crippen LogP) is 5.10. The average Bonchev–Trinajstić information content (AvgIpc) is 3.01. The van der Waals surface area contributed by atoms with E-state index in [1.54, 1.807) is 13.8 Å². The minimum atomic E-state index is 0.0618. The zero-order valence-corrected chi connectivity index (χ0v) is 17.6. The van der Waals surface area contributed by atoms with Gasteiger partial charge in [0.1, 0.15) is 0 Å². The number of hydrogen-bond acceptors (Lipinski definition) is 3. The molecule has 3 aromatic rings. The summed E-state index contributed by atoms with van der Waals surface area (Å²) in [4.78, 5) is 26.6. The number of fused-ring (bicyclic) bond motifs is 3. The number of carbonyl (C=O) groups is 2. The normalized spacial score (nSPS) is 11.6. The highest BCUT2D eigenvalue weighted by Gasteiger charge is 2.18. The van der Waals surface area contributed by atoms with Gasteiger partial charge in [-0.1, -0.05) is 20.8 Å². The van der Waals surface area contributed by atoms with E-state index in [0.717, 1.165) is 65.5 Å². The summed E-state index contributed by atoms with van der Waals surface area (Å²) in [6, 6.07) is 10.00. The monoisotopic (exact) mass is 378 g/mol. The van der Waals surface area contributed by atoms with Crippen molar-refractivity contribution < 1.29 is 9.59 Å². The number of carbonyl (C=O) groups excluding carboxylic acids is 2. The first-order chi connectivity index (χ1) is 13.4. The molecule has 2 aromatic carbocycles. The molecule has 0 atom stereocenters. The zero-order valence-electron chi connectivity index (χ0n) is 17.6. The van der Waals surface area contributed by atoms with Crippen LogP contribution in [0.5, 0.6) is 0 Å². The highest BCUT2D eigenvalue weighted by Crippen LogP contribution is 2.34. The molecular weight excluding hydrogens is 348 g/mol. The summed E-state index contributed by atoms with van der Waals surface area (Å²) in [6.45, 7) is 13.6. The third-order valence-corrected chi connectivity index (χ3v) is 5.81. The number of ketones is 2. The summed E-state index contributed by atoms with van der Waals surface area (Å²) in [6.07, 6.45) is 0.783. The topological polar surface area (TPSA) is 42.3 Å². The van der Waals surface area contributed by atoms with Crippen LogP contribution in [0.15, 0.2) is 30.3 Å². The highest BCUT2D eigenvalue weighted by molar-refractivity contribution is 6.14. The number of hydrogen-bond donors (Lipinski definition) is 0. The van der Waals surface area contributed by atoms with Gasteiger partial charge in [-0.25, -0.2) is 0 Å². The van der Waals surface area contributed by atoms with E-state index in [4.69, 9.17) is 0 Å². The fraction of sp³-hybridized carbons (Fsp3) is 0.417. The summed E-state index contributed by atoms with van der Waals surface area (Å²) < 4.78 is 2.34. The van der Waals surface area contributed by atoms with Gasteiger partial charge in [-0.15, -0.1) is 0 Å². The molecule has 1 aromatic heterocycles. The van der Waals surface area contributed by atoms with Gasteiger partial charge in [0.15, 0.2) is 11.6 Å². The number of aryl methyl sites for hydroxylation is 1. The van der Waals surface area contributed by atoms with Crippen molar-refractivity contribution >= 4 is 33.4 Å². The van der Waals surface area contributed by atoms with Crippen molar-refractivity contribution in [2.75, 3.05) is 19.6 Å². The average molecular weight is 379 g/mol. The predicted molar refractivity (Wildman–Crippen MR) is 117 cm³/mol. The highest BCUT2D eigenvalue weighted by atomic mass is 16.1. The lowest BCUT2D eigenvalue weighted by Crippen LogP contribution is -2.26. The second-order valence-corrected chi connectivity index (χ2v) is 7.36. The second kappa shape index (κ2) is 8.27. The quantitative estimate of drug-likeness (QED) is 0.512. The van der Waals surface area contributed by atoms with Crippen molar-refractivity contribution in [3.63, 3.8) is 0 Å². The van der Waals surface area contributed by atoms with E-state index in [0.29, 0.717) is 5.56 Å². The van der Waals surface area contributed by atoms with Crippen molar-refractivity contribution in [2.45, 2.75) is 47.6 Å². The maximum atomic E-state index is 12.2. The van der Waals surface area contributed by atoms with Gasteiger partial charge in [-0.05, 0) is 69.3 Å². The molecule has 0 bridgehead atoms. The lowest BCUT2D eigenvalue weighted by molar-refractivity contribution is 0.100. The van der Waals surface area contributed by atoms with E-state index in [-0.39, 0.29) is 11.6 Å². The summed E-state index contributed by atoms with van der Waals surface area (Å²) in [5.74, 6) is 0.150. The van der Waals surface area contributed by atoms with E-state index in [2.05, 4.69) is 42.4 Å². The first-order valence-electron chi connectivity index (χ1n) is 10.2. The third kappa shape index (κ3) is 3.49. The maximum absolute atomic E-state index is 12.2. The Balaban J connectivity index is 2.32. The molecule has 0 saturated carbocycles. The van der Waals surface area contributed by atoms with Gasteiger partial charge in [-0.3, -0.25) is 9.59 Å². The molecule has 0 saturated heterocycles. The van der Waals surface area contributed by atoms with Crippen LogP contribution < -0.4 is 0 Å². The van der Waals surface area contributed by atoms with Crippen molar-refractivity contribution in [3.8, 4) is 0 Å². The number of Topliss-reactive ketones (excluding diaryl/α,β-unsaturated/α-hetero) is 2. The van der Waals surface area contributed by atoms with E-state index in [1.807, 2.05) is 18.2 Å². The Labute approximate surface area is 167 Å². The van der Waals surface area contributed by atoms with Crippen LogP contribution in [-0.2, 0) is 13.0 Å². The zero-order chi connectivity index (χ0) is 20.4. The van der Waals surface area contributed by atoms with E-state index in [1.165, 1.54) is 0 Å². The molecule has 0 amide bonds. The van der Waals surface area contributed by atoms with Gasteiger partial charge in [0.25, 0.3) is 0 Å². The molecular formula is C24H30N2O2. The summed E-state index contributed by atoms with van der Waals surface area (Å²) in [7, 11) is 0. The van der Waals surface area contributed by atoms with Crippen LogP contribution >= 0.6 is 0 Å². The standard InChI is InChI=1S/C24H30N2O2/c1-6-19-20(17(5)28)10-12-23-24(19)21-15-18(16(4)27)9-11-22(21)26(23)14-13-25(7-2)8-3/h9-12,15H,6-8,13-14H2,1-5H3. The Morgan fingerprint density at radius 1 is 0.929 bits per heavy atom. The first kappa shape index (κ1) is 20.3. The maximum Gasteiger partial charge on any atom is 0.160 e. The van der Waals surface area contributed by atoms with Crippen molar-refractivity contribution in [3.05, 3.63) is 47.0 Å². The Hall–Kier alpha value is -2.46. The lowest BCUT2D eigenvalue weighted by atomic mass is 9.96. The minimum absolute atomic E-state index is 0.0618. The Morgan fingerprint density at radius 2 is 1.61 bits per heavy atom. The number of aromatic nitrogens is 1. The SMILES string of the molecule is CCc1c(C(C)=O)ccc2c1c1cc(C(C)=O)ccc1n2CCN(CC)CC. The van der Waals surface area contributed by atoms with Crippen molar-refractivity contribution in [1.82, 2.24) is 9.47 Å². The molecule has 148 valence electrons. The molecule has 0 aliphatic rings. The van der Waals surface area contributed by atoms with Gasteiger partial charge in [-0.2, -0.15) is 0 Å². The van der Waals surface area contributed by atoms with Crippen LogP contribution in [-0.4, -0.2) is 40.7 Å². The molecule has 0 aliphatic heterocycles. The molecule has 0 radical (unpaired) electrons. The largest absolute Gasteiger partial charge is 0.339 e. The lowest BCUT2D eigenvalue weighted by Gasteiger charge is -2.19. The Bertz CT molecular complexity index is 1040. The molecule has 0 aliphatic carbocycles. The molecule has 0 N–H and O–H groups in total. The molecule has 0 spiro atoms. The van der Waals surface area contributed by atoms with Crippen LogP contribution in [0.2, 0.25) is 0 Å². The molecule has 4 nitrogen and oxygen atoms in total. The van der Waals surface area contributed by atoms with Crippen LogP contribution in [0.25, 0.3) is 21.8 Å². The van der Waals surface area contributed by atoms with Gasteiger partial charge in [0.2, 0.25) is 0 Å². The van der Waals surface area contributed by atoms with E-state index in [9.17, 15) is 9.59 Å². The number of likely N-dealkylation sites (N-methyl/N-ethyl adjacent to an activating group) is 1. The fourth-order valence-corrected chi connectivity index (χ4v) is 4.20. The van der Waals surface area contributed by atoms with Gasteiger partial charge in [0.05, 0.1) is 0 Å². The Kier molecular flexibility index (Phi) is 5.99. The molecule has 28 heavy (non-hydrogen) atoms. The first-order valence-corrected chi connectivity index (χ1v) is 10.2. The molecule has 4 heteroatoms. The van der Waals surface area contributed by atoms with E-state index < -0.39 is 0 Å². The van der Waals surface area contributed by atoms with Crippen LogP contribution in [0.4, 0.5) is 0 Å². The Morgan fingerprint density at radius 3 is 2.18 bits per heavy atom. The third-order valence-electron chi connectivity index (χ3n) is 5.81. The minimum Gasteiger partial charge on any atom is -0.339 e. The van der Waals surface area contributed by atoms with Gasteiger partial charge < -0.3 is 9.47 Å². The number of benzene rings is 2. The van der Waals surface area contributed by atoms with Crippen LogP contribution in [0, 0.1) is 0 Å². The van der Waals surface area contributed by atoms with Crippen LogP contribution in [0.1, 0.15) is 60.9 Å². The number of nitrogens with zero attached hydrogens (tertiary/aromatic N) is 2. The van der Waals surface area contributed by atoms with Gasteiger partial charge >= 0.3 is 0 Å². The molecule has 0 unspecified atom stereocenters.